The van der Waals surface area contributed by atoms with Crippen LogP contribution in [0.3, 0.4) is 0 Å². The monoisotopic (exact) mass is 467 g/mol. The number of alkyl halides is 5. The first kappa shape index (κ1) is 23.0. The molecule has 1 saturated heterocycles. The zero-order chi connectivity index (χ0) is 23.8. The van der Waals surface area contributed by atoms with E-state index in [9.17, 15) is 26.7 Å². The van der Waals surface area contributed by atoms with Crippen LogP contribution in [-0.4, -0.2) is 41.9 Å². The number of H-pyrrole nitrogens is 1. The predicted molar refractivity (Wildman–Crippen MR) is 113 cm³/mol. The van der Waals surface area contributed by atoms with E-state index in [2.05, 4.69) is 10.3 Å². The number of nitrogens with zero attached hydrogens (tertiary/aromatic N) is 1. The van der Waals surface area contributed by atoms with Gasteiger partial charge in [-0.25, -0.2) is 8.78 Å². The fourth-order valence-corrected chi connectivity index (χ4v) is 3.93. The lowest BCUT2D eigenvalue weighted by molar-refractivity contribution is -0.137. The molecule has 0 aliphatic carbocycles. The molecule has 3 aromatic rings. The molecule has 4 rings (SSSR count). The number of aromatic nitrogens is 1. The molecule has 0 bridgehead atoms. The second kappa shape index (κ2) is 8.66. The molecule has 1 aromatic heterocycles. The number of ether oxygens (including phenoxy) is 1. The number of nitrogens with one attached hydrogen (secondary N) is 2. The first-order chi connectivity index (χ1) is 15.5. The molecule has 0 saturated carbocycles. The van der Waals surface area contributed by atoms with Crippen LogP contribution >= 0.6 is 0 Å². The van der Waals surface area contributed by atoms with Crippen LogP contribution in [0.2, 0.25) is 0 Å². The second-order valence-corrected chi connectivity index (χ2v) is 8.47. The predicted octanol–water partition coefficient (Wildman–Crippen LogP) is 5.29. The molecule has 33 heavy (non-hydrogen) atoms. The standard InChI is InChI=1S/C23H22F5N3O2/c1-22(12-31(13-22)10-20(24)25)21(32)30-19-9-29-18-7-6-16(8-17(18)19)33-11-14-2-4-15(5-3-14)23(26,27)28/h2-9,20,29H,10-13H2,1H3,(H,30,32). The molecule has 1 aliphatic rings. The largest absolute Gasteiger partial charge is 0.489 e. The molecular formula is C23H22F5N3O2. The highest BCUT2D eigenvalue weighted by Gasteiger charge is 2.45. The number of aromatic amines is 1. The molecule has 0 unspecified atom stereocenters. The van der Waals surface area contributed by atoms with Gasteiger partial charge in [0, 0.05) is 30.2 Å². The third-order valence-corrected chi connectivity index (χ3v) is 5.68. The Morgan fingerprint density at radius 3 is 2.52 bits per heavy atom. The van der Waals surface area contributed by atoms with E-state index >= 15 is 0 Å². The van der Waals surface area contributed by atoms with Crippen molar-refractivity contribution >= 4 is 22.5 Å². The van der Waals surface area contributed by atoms with E-state index < -0.39 is 23.6 Å². The summed E-state index contributed by atoms with van der Waals surface area (Å²) in [6, 6.07) is 9.93. The highest BCUT2D eigenvalue weighted by Crippen LogP contribution is 2.34. The second-order valence-electron chi connectivity index (χ2n) is 8.47. The van der Waals surface area contributed by atoms with Crippen molar-refractivity contribution in [3.63, 3.8) is 0 Å². The summed E-state index contributed by atoms with van der Waals surface area (Å²) in [4.78, 5) is 17.3. The fraction of sp³-hybridized carbons (Fsp3) is 0.348. The average molecular weight is 467 g/mol. The molecule has 1 amide bonds. The Kier molecular flexibility index (Phi) is 6.04. The molecule has 176 valence electrons. The number of benzene rings is 2. The van der Waals surface area contributed by atoms with Crippen molar-refractivity contribution in [1.29, 1.82) is 0 Å². The first-order valence-electron chi connectivity index (χ1n) is 10.3. The summed E-state index contributed by atoms with van der Waals surface area (Å²) < 4.78 is 68.8. The van der Waals surface area contributed by atoms with Gasteiger partial charge in [-0.3, -0.25) is 9.69 Å². The molecule has 2 N–H and O–H groups in total. The van der Waals surface area contributed by atoms with Crippen molar-refractivity contribution in [2.24, 2.45) is 5.41 Å². The number of rotatable bonds is 7. The maximum atomic E-state index is 12.7. The van der Waals surface area contributed by atoms with Crippen LogP contribution in [0.1, 0.15) is 18.1 Å². The van der Waals surface area contributed by atoms with E-state index in [4.69, 9.17) is 4.74 Å². The Hall–Kier alpha value is -3.14. The molecule has 0 spiro atoms. The van der Waals surface area contributed by atoms with Crippen molar-refractivity contribution in [3.8, 4) is 5.75 Å². The number of hydrogen-bond acceptors (Lipinski definition) is 3. The van der Waals surface area contributed by atoms with Gasteiger partial charge in [-0.15, -0.1) is 0 Å². The highest BCUT2D eigenvalue weighted by molar-refractivity contribution is 6.04. The van der Waals surface area contributed by atoms with Gasteiger partial charge in [-0.2, -0.15) is 13.2 Å². The van der Waals surface area contributed by atoms with Gasteiger partial charge >= 0.3 is 6.18 Å². The number of carbonyl (C=O) groups is 1. The van der Waals surface area contributed by atoms with Gasteiger partial charge in [0.05, 0.1) is 23.2 Å². The highest BCUT2D eigenvalue weighted by atomic mass is 19.4. The molecule has 0 radical (unpaired) electrons. The van der Waals surface area contributed by atoms with Gasteiger partial charge in [0.15, 0.2) is 0 Å². The van der Waals surface area contributed by atoms with Crippen molar-refractivity contribution in [3.05, 3.63) is 59.8 Å². The summed E-state index contributed by atoms with van der Waals surface area (Å²) >= 11 is 0. The van der Waals surface area contributed by atoms with Crippen molar-refractivity contribution in [2.75, 3.05) is 25.0 Å². The first-order valence-corrected chi connectivity index (χ1v) is 10.3. The number of fused-ring (bicyclic) bond motifs is 1. The minimum atomic E-state index is -4.39. The number of hydrogen-bond donors (Lipinski definition) is 2. The number of carbonyl (C=O) groups excluding carboxylic acids is 1. The SMILES string of the molecule is CC1(C(=O)Nc2c[nH]c3ccc(OCc4ccc(C(F)(F)F)cc4)cc23)CN(CC(F)F)C1. The lowest BCUT2D eigenvalue weighted by atomic mass is 9.81. The molecule has 1 fully saturated rings. The van der Waals surface area contributed by atoms with Gasteiger partial charge < -0.3 is 15.0 Å². The van der Waals surface area contributed by atoms with Crippen LogP contribution in [0.25, 0.3) is 10.9 Å². The van der Waals surface area contributed by atoms with Crippen LogP contribution in [0.15, 0.2) is 48.7 Å². The number of amides is 1. The Balaban J connectivity index is 1.41. The Morgan fingerprint density at radius 1 is 1.18 bits per heavy atom. The van der Waals surface area contributed by atoms with Crippen LogP contribution in [-0.2, 0) is 17.6 Å². The third kappa shape index (κ3) is 5.11. The smallest absolute Gasteiger partial charge is 0.416 e. The fourth-order valence-electron chi connectivity index (χ4n) is 3.93. The van der Waals surface area contributed by atoms with Gasteiger partial charge in [0.1, 0.15) is 12.4 Å². The number of halogens is 5. The molecular weight excluding hydrogens is 445 g/mol. The normalized spacial score (nSPS) is 16.1. The lowest BCUT2D eigenvalue weighted by Gasteiger charge is -2.46. The molecule has 10 heteroatoms. The van der Waals surface area contributed by atoms with Gasteiger partial charge in [-0.1, -0.05) is 12.1 Å². The van der Waals surface area contributed by atoms with Gasteiger partial charge in [0.25, 0.3) is 6.43 Å². The van der Waals surface area contributed by atoms with Crippen LogP contribution in [0.5, 0.6) is 5.75 Å². The Bertz CT molecular complexity index is 1140. The van der Waals surface area contributed by atoms with E-state index in [0.29, 0.717) is 22.4 Å². The number of likely N-dealkylation sites (tertiary alicyclic amines) is 1. The van der Waals surface area contributed by atoms with E-state index in [1.165, 1.54) is 17.0 Å². The van der Waals surface area contributed by atoms with Gasteiger partial charge in [0.2, 0.25) is 5.91 Å². The van der Waals surface area contributed by atoms with Crippen molar-refractivity contribution in [2.45, 2.75) is 26.1 Å². The summed E-state index contributed by atoms with van der Waals surface area (Å²) in [6.07, 6.45) is -5.19. The quantitative estimate of drug-likeness (QED) is 0.464. The van der Waals surface area contributed by atoms with Crippen LogP contribution in [0, 0.1) is 5.41 Å². The van der Waals surface area contributed by atoms with E-state index in [1.807, 2.05) is 0 Å². The summed E-state index contributed by atoms with van der Waals surface area (Å²) in [5.41, 5.74) is 0.387. The molecule has 5 nitrogen and oxygen atoms in total. The average Bonchev–Trinajstić information content (AvgIpc) is 3.12. The van der Waals surface area contributed by atoms with E-state index in [0.717, 1.165) is 17.6 Å². The lowest BCUT2D eigenvalue weighted by Crippen LogP contribution is -2.61. The maximum Gasteiger partial charge on any atom is 0.416 e. The van der Waals surface area contributed by atoms with Crippen LogP contribution in [0.4, 0.5) is 27.6 Å². The number of anilines is 1. The van der Waals surface area contributed by atoms with Gasteiger partial charge in [-0.05, 0) is 42.8 Å². The van der Waals surface area contributed by atoms with E-state index in [-0.39, 0.29) is 32.1 Å². The Labute approximate surface area is 186 Å². The zero-order valence-electron chi connectivity index (χ0n) is 17.7. The third-order valence-electron chi connectivity index (χ3n) is 5.68. The van der Waals surface area contributed by atoms with Crippen molar-refractivity contribution < 1.29 is 31.5 Å². The Morgan fingerprint density at radius 2 is 1.88 bits per heavy atom. The molecule has 2 aromatic carbocycles. The molecule has 1 aliphatic heterocycles. The van der Waals surface area contributed by atoms with E-state index in [1.54, 1.807) is 31.3 Å². The summed E-state index contributed by atoms with van der Waals surface area (Å²) in [7, 11) is 0. The maximum absolute atomic E-state index is 12.7. The molecule has 2 heterocycles. The zero-order valence-corrected chi connectivity index (χ0v) is 17.7. The van der Waals surface area contributed by atoms with Crippen LogP contribution < -0.4 is 10.1 Å². The summed E-state index contributed by atoms with van der Waals surface area (Å²) in [5.74, 6) is 0.223. The summed E-state index contributed by atoms with van der Waals surface area (Å²) in [5, 5.41) is 3.55. The minimum absolute atomic E-state index is 0.0772. The summed E-state index contributed by atoms with van der Waals surface area (Å²) in [6.45, 7) is 1.97. The van der Waals surface area contributed by atoms with Crippen molar-refractivity contribution in [1.82, 2.24) is 9.88 Å². The molecule has 0 atom stereocenters. The minimum Gasteiger partial charge on any atom is -0.489 e. The topological polar surface area (TPSA) is 57.4 Å².